The molecule has 1 N–H and O–H groups in total. The van der Waals surface area contributed by atoms with Crippen molar-refractivity contribution in [3.05, 3.63) is 93.4 Å². The van der Waals surface area contributed by atoms with Gasteiger partial charge in [-0.1, -0.05) is 12.1 Å². The SMILES string of the molecule is COc1cccc(COc2cc(C)n(-c3cc(-c4ccnc(C(C)(C)O)n4)ncc3C)c(=O)c2C)c1. The third kappa shape index (κ3) is 5.13. The predicted molar refractivity (Wildman–Crippen MR) is 138 cm³/mol. The van der Waals surface area contributed by atoms with Crippen molar-refractivity contribution >= 4 is 0 Å². The van der Waals surface area contributed by atoms with Crippen molar-refractivity contribution in [1.82, 2.24) is 19.5 Å². The number of aromatic nitrogens is 4. The Morgan fingerprint density at radius 2 is 1.81 bits per heavy atom. The van der Waals surface area contributed by atoms with E-state index in [4.69, 9.17) is 9.47 Å². The van der Waals surface area contributed by atoms with E-state index in [1.807, 2.05) is 50.2 Å². The quantitative estimate of drug-likeness (QED) is 0.413. The summed E-state index contributed by atoms with van der Waals surface area (Å²) in [5.41, 5.74) is 3.50. The summed E-state index contributed by atoms with van der Waals surface area (Å²) in [6, 6.07) is 13.1. The van der Waals surface area contributed by atoms with Gasteiger partial charge in [0, 0.05) is 24.2 Å². The molecular formula is C28H30N4O4. The third-order valence-corrected chi connectivity index (χ3v) is 5.90. The first-order valence-electron chi connectivity index (χ1n) is 11.6. The van der Waals surface area contributed by atoms with Crippen molar-refractivity contribution in [2.45, 2.75) is 46.8 Å². The van der Waals surface area contributed by atoms with Crippen LogP contribution in [0.1, 0.15) is 42.1 Å². The van der Waals surface area contributed by atoms with Crippen molar-refractivity contribution < 1.29 is 14.6 Å². The molecule has 36 heavy (non-hydrogen) atoms. The van der Waals surface area contributed by atoms with Crippen LogP contribution < -0.4 is 15.0 Å². The number of methoxy groups -OCH3 is 1. The zero-order valence-electron chi connectivity index (χ0n) is 21.4. The zero-order valence-corrected chi connectivity index (χ0v) is 21.4. The van der Waals surface area contributed by atoms with Gasteiger partial charge in [-0.05, 0) is 70.0 Å². The molecule has 0 aliphatic carbocycles. The first-order chi connectivity index (χ1) is 17.1. The summed E-state index contributed by atoms with van der Waals surface area (Å²) in [5.74, 6) is 1.58. The van der Waals surface area contributed by atoms with Gasteiger partial charge in [0.2, 0.25) is 0 Å². The molecule has 4 rings (SSSR count). The van der Waals surface area contributed by atoms with Gasteiger partial charge in [0.25, 0.3) is 5.56 Å². The minimum atomic E-state index is -1.19. The highest BCUT2D eigenvalue weighted by atomic mass is 16.5. The summed E-state index contributed by atoms with van der Waals surface area (Å²) in [5, 5.41) is 10.3. The van der Waals surface area contributed by atoms with Gasteiger partial charge in [0.15, 0.2) is 5.82 Å². The second kappa shape index (κ2) is 9.91. The lowest BCUT2D eigenvalue weighted by Crippen LogP contribution is -2.24. The molecule has 0 saturated carbocycles. The molecule has 0 atom stereocenters. The van der Waals surface area contributed by atoms with E-state index < -0.39 is 5.60 Å². The summed E-state index contributed by atoms with van der Waals surface area (Å²) in [6.07, 6.45) is 3.30. The van der Waals surface area contributed by atoms with E-state index in [1.165, 1.54) is 0 Å². The van der Waals surface area contributed by atoms with E-state index in [-0.39, 0.29) is 5.56 Å². The van der Waals surface area contributed by atoms with Crippen molar-refractivity contribution in [3.63, 3.8) is 0 Å². The molecule has 0 saturated heterocycles. The highest BCUT2D eigenvalue weighted by molar-refractivity contribution is 5.59. The molecular weight excluding hydrogens is 456 g/mol. The number of ether oxygens (including phenoxy) is 2. The second-order valence-electron chi connectivity index (χ2n) is 9.24. The van der Waals surface area contributed by atoms with Crippen LogP contribution in [0.25, 0.3) is 17.1 Å². The molecule has 186 valence electrons. The molecule has 0 unspecified atom stereocenters. The summed E-state index contributed by atoms with van der Waals surface area (Å²) in [6.45, 7) is 9.11. The lowest BCUT2D eigenvalue weighted by atomic mass is 10.1. The van der Waals surface area contributed by atoms with Crippen LogP contribution in [-0.2, 0) is 12.2 Å². The van der Waals surface area contributed by atoms with Crippen molar-refractivity contribution in [3.8, 4) is 28.6 Å². The van der Waals surface area contributed by atoms with Gasteiger partial charge < -0.3 is 14.6 Å². The Balaban J connectivity index is 1.71. The monoisotopic (exact) mass is 486 g/mol. The fourth-order valence-electron chi connectivity index (χ4n) is 3.86. The molecule has 8 heteroatoms. The standard InChI is InChI=1S/C28H30N4O4/c1-17-15-30-23(22-10-11-29-27(31-22)28(4,5)34)14-24(17)32-18(2)12-25(19(3)26(32)33)36-16-20-8-7-9-21(13-20)35-6/h7-15,34H,16H2,1-6H3. The minimum absolute atomic E-state index is 0.171. The molecule has 1 aromatic carbocycles. The lowest BCUT2D eigenvalue weighted by Gasteiger charge is -2.18. The van der Waals surface area contributed by atoms with E-state index in [2.05, 4.69) is 15.0 Å². The fraction of sp³-hybridized carbons (Fsp3) is 0.286. The van der Waals surface area contributed by atoms with Crippen LogP contribution in [-0.4, -0.2) is 31.7 Å². The van der Waals surface area contributed by atoms with Gasteiger partial charge in [-0.3, -0.25) is 14.3 Å². The van der Waals surface area contributed by atoms with Gasteiger partial charge in [-0.25, -0.2) is 9.97 Å². The largest absolute Gasteiger partial charge is 0.497 e. The van der Waals surface area contributed by atoms with Crippen LogP contribution in [0, 0.1) is 20.8 Å². The van der Waals surface area contributed by atoms with Crippen LogP contribution in [0.4, 0.5) is 0 Å². The molecule has 4 aromatic rings. The Kier molecular flexibility index (Phi) is 6.90. The summed E-state index contributed by atoms with van der Waals surface area (Å²) in [7, 11) is 1.62. The van der Waals surface area contributed by atoms with E-state index in [0.717, 1.165) is 22.6 Å². The van der Waals surface area contributed by atoms with E-state index in [1.54, 1.807) is 50.9 Å². The van der Waals surface area contributed by atoms with Crippen LogP contribution in [0.3, 0.4) is 0 Å². The maximum Gasteiger partial charge on any atom is 0.261 e. The number of rotatable bonds is 7. The average Bonchev–Trinajstić information content (AvgIpc) is 2.86. The Morgan fingerprint density at radius 3 is 2.53 bits per heavy atom. The van der Waals surface area contributed by atoms with Gasteiger partial charge >= 0.3 is 0 Å². The minimum Gasteiger partial charge on any atom is -0.497 e. The number of hydrogen-bond donors (Lipinski definition) is 1. The topological polar surface area (TPSA) is 99.4 Å². The Bertz CT molecular complexity index is 1470. The van der Waals surface area contributed by atoms with E-state index in [9.17, 15) is 9.90 Å². The van der Waals surface area contributed by atoms with Gasteiger partial charge in [-0.15, -0.1) is 0 Å². The Morgan fingerprint density at radius 1 is 1.03 bits per heavy atom. The van der Waals surface area contributed by atoms with Crippen LogP contribution >= 0.6 is 0 Å². The van der Waals surface area contributed by atoms with Gasteiger partial charge in [0.1, 0.15) is 23.7 Å². The van der Waals surface area contributed by atoms with Crippen LogP contribution in [0.5, 0.6) is 11.5 Å². The molecule has 0 spiro atoms. The number of benzene rings is 1. The smallest absolute Gasteiger partial charge is 0.261 e. The van der Waals surface area contributed by atoms with Crippen molar-refractivity contribution in [1.29, 1.82) is 0 Å². The summed E-state index contributed by atoms with van der Waals surface area (Å²) in [4.78, 5) is 26.7. The Hall–Kier alpha value is -4.04. The number of aliphatic hydroxyl groups is 1. The molecule has 0 aliphatic heterocycles. The number of pyridine rings is 2. The maximum absolute atomic E-state index is 13.5. The number of aryl methyl sites for hydroxylation is 2. The van der Waals surface area contributed by atoms with E-state index >= 15 is 0 Å². The summed E-state index contributed by atoms with van der Waals surface area (Å²) >= 11 is 0. The van der Waals surface area contributed by atoms with Crippen molar-refractivity contribution in [2.75, 3.05) is 7.11 Å². The molecule has 0 amide bonds. The highest BCUT2D eigenvalue weighted by Crippen LogP contribution is 2.26. The molecule has 0 aliphatic rings. The van der Waals surface area contributed by atoms with Crippen molar-refractivity contribution in [2.24, 2.45) is 0 Å². The first-order valence-corrected chi connectivity index (χ1v) is 11.6. The molecule has 0 fully saturated rings. The molecule has 3 heterocycles. The Labute approximate surface area is 210 Å². The molecule has 0 bridgehead atoms. The van der Waals surface area contributed by atoms with Crippen LogP contribution in [0.15, 0.2) is 59.7 Å². The highest BCUT2D eigenvalue weighted by Gasteiger charge is 2.21. The fourth-order valence-corrected chi connectivity index (χ4v) is 3.86. The maximum atomic E-state index is 13.5. The lowest BCUT2D eigenvalue weighted by molar-refractivity contribution is 0.0688. The number of nitrogens with zero attached hydrogens (tertiary/aromatic N) is 4. The first kappa shape index (κ1) is 25.1. The molecule has 0 radical (unpaired) electrons. The normalized spacial score (nSPS) is 11.4. The predicted octanol–water partition coefficient (Wildman–Crippen LogP) is 4.43. The van der Waals surface area contributed by atoms with Gasteiger partial charge in [0.05, 0.1) is 29.7 Å². The summed E-state index contributed by atoms with van der Waals surface area (Å²) < 4.78 is 13.0. The average molecular weight is 487 g/mol. The molecule has 3 aromatic heterocycles. The van der Waals surface area contributed by atoms with Gasteiger partial charge in [-0.2, -0.15) is 0 Å². The molecule has 8 nitrogen and oxygen atoms in total. The second-order valence-corrected chi connectivity index (χ2v) is 9.24. The number of hydrogen-bond acceptors (Lipinski definition) is 7. The van der Waals surface area contributed by atoms with E-state index in [0.29, 0.717) is 40.8 Å². The van der Waals surface area contributed by atoms with Crippen LogP contribution in [0.2, 0.25) is 0 Å². The third-order valence-electron chi connectivity index (χ3n) is 5.90. The zero-order chi connectivity index (χ0) is 26.0.